The van der Waals surface area contributed by atoms with Crippen LogP contribution in [0.1, 0.15) is 44.9 Å². The minimum atomic E-state index is 0.167. The fourth-order valence-corrected chi connectivity index (χ4v) is 1.82. The number of ether oxygens (including phenoxy) is 2. The maximum Gasteiger partial charge on any atom is 0.214 e. The monoisotopic (exact) mass is 264 g/mol. The summed E-state index contributed by atoms with van der Waals surface area (Å²) in [5.41, 5.74) is 2.31. The average Bonchev–Trinajstić information content (AvgIpc) is 2.31. The summed E-state index contributed by atoms with van der Waals surface area (Å²) in [6.07, 6.45) is 0.167. The van der Waals surface area contributed by atoms with Crippen molar-refractivity contribution in [2.75, 3.05) is 13.2 Å². The Morgan fingerprint density at radius 1 is 1.32 bits per heavy atom. The number of hydrogen-bond acceptors (Lipinski definition) is 4. The van der Waals surface area contributed by atoms with Crippen LogP contribution in [0.4, 0.5) is 0 Å². The van der Waals surface area contributed by atoms with E-state index in [-0.39, 0.29) is 6.10 Å². The number of hydrogen-bond donors (Lipinski definition) is 1. The van der Waals surface area contributed by atoms with Crippen molar-refractivity contribution in [1.82, 2.24) is 10.3 Å². The van der Waals surface area contributed by atoms with E-state index >= 15 is 0 Å². The molecule has 2 heterocycles. The Kier molecular flexibility index (Phi) is 4.77. The minimum Gasteiger partial charge on any atom is -0.469 e. The Morgan fingerprint density at radius 3 is 2.58 bits per heavy atom. The summed E-state index contributed by atoms with van der Waals surface area (Å²) in [5, 5.41) is 3.43. The maximum absolute atomic E-state index is 5.82. The lowest BCUT2D eigenvalue weighted by molar-refractivity contribution is -0.0814. The van der Waals surface area contributed by atoms with Crippen LogP contribution in [-0.2, 0) is 11.3 Å². The Bertz CT molecular complexity index is 415. The predicted octanol–water partition coefficient (Wildman–Crippen LogP) is 2.48. The number of nitrogens with one attached hydrogen (secondary N) is 1. The van der Waals surface area contributed by atoms with E-state index in [2.05, 4.69) is 44.1 Å². The van der Waals surface area contributed by atoms with E-state index in [1.165, 1.54) is 5.56 Å². The second-order valence-corrected chi connectivity index (χ2v) is 5.71. The molecular formula is C15H24N2O2. The molecule has 106 valence electrons. The molecule has 0 bridgehead atoms. The number of aromatic nitrogens is 1. The summed E-state index contributed by atoms with van der Waals surface area (Å²) >= 11 is 0. The average molecular weight is 264 g/mol. The zero-order valence-electron chi connectivity index (χ0n) is 12.3. The third-order valence-corrected chi connectivity index (χ3v) is 3.08. The Labute approximate surface area is 115 Å². The molecule has 1 aromatic heterocycles. The van der Waals surface area contributed by atoms with E-state index in [1.807, 2.05) is 6.07 Å². The SMILES string of the molecule is CC(C)NCc1cc(OC2COC2)nc(C(C)C)c1. The van der Waals surface area contributed by atoms with Gasteiger partial charge in [-0.15, -0.1) is 0 Å². The summed E-state index contributed by atoms with van der Waals surface area (Å²) in [7, 11) is 0. The fraction of sp³-hybridized carbons (Fsp3) is 0.667. The van der Waals surface area contributed by atoms with Crippen molar-refractivity contribution in [1.29, 1.82) is 0 Å². The summed E-state index contributed by atoms with van der Waals surface area (Å²) in [5.74, 6) is 1.12. The third kappa shape index (κ3) is 4.18. The van der Waals surface area contributed by atoms with Crippen molar-refractivity contribution < 1.29 is 9.47 Å². The van der Waals surface area contributed by atoms with Crippen molar-refractivity contribution in [3.05, 3.63) is 23.4 Å². The van der Waals surface area contributed by atoms with E-state index in [9.17, 15) is 0 Å². The lowest BCUT2D eigenvalue weighted by Crippen LogP contribution is -2.38. The topological polar surface area (TPSA) is 43.4 Å². The van der Waals surface area contributed by atoms with Gasteiger partial charge < -0.3 is 14.8 Å². The van der Waals surface area contributed by atoms with Gasteiger partial charge in [0.05, 0.1) is 13.2 Å². The minimum absolute atomic E-state index is 0.167. The molecule has 0 spiro atoms. The van der Waals surface area contributed by atoms with Gasteiger partial charge in [0.15, 0.2) is 0 Å². The van der Waals surface area contributed by atoms with Crippen LogP contribution in [0.2, 0.25) is 0 Å². The van der Waals surface area contributed by atoms with Crippen LogP contribution in [0.5, 0.6) is 5.88 Å². The largest absolute Gasteiger partial charge is 0.469 e. The van der Waals surface area contributed by atoms with Crippen molar-refractivity contribution >= 4 is 0 Å². The lowest BCUT2D eigenvalue weighted by Gasteiger charge is -2.26. The van der Waals surface area contributed by atoms with Crippen molar-refractivity contribution in [3.63, 3.8) is 0 Å². The van der Waals surface area contributed by atoms with Gasteiger partial charge in [-0.2, -0.15) is 0 Å². The zero-order valence-corrected chi connectivity index (χ0v) is 12.3. The summed E-state index contributed by atoms with van der Waals surface area (Å²) < 4.78 is 11.0. The van der Waals surface area contributed by atoms with E-state index < -0.39 is 0 Å². The van der Waals surface area contributed by atoms with Crippen LogP contribution in [0.25, 0.3) is 0 Å². The highest BCUT2D eigenvalue weighted by Gasteiger charge is 2.21. The van der Waals surface area contributed by atoms with Gasteiger partial charge in [0.25, 0.3) is 0 Å². The second kappa shape index (κ2) is 6.35. The molecular weight excluding hydrogens is 240 g/mol. The highest BCUT2D eigenvalue weighted by atomic mass is 16.6. The number of nitrogens with zero attached hydrogens (tertiary/aromatic N) is 1. The molecule has 2 rings (SSSR count). The van der Waals surface area contributed by atoms with Gasteiger partial charge in [-0.05, 0) is 17.5 Å². The molecule has 19 heavy (non-hydrogen) atoms. The van der Waals surface area contributed by atoms with Crippen LogP contribution in [0, 0.1) is 0 Å². The molecule has 4 nitrogen and oxygen atoms in total. The van der Waals surface area contributed by atoms with Crippen LogP contribution in [0.15, 0.2) is 12.1 Å². The molecule has 0 saturated carbocycles. The number of pyridine rings is 1. The molecule has 1 fully saturated rings. The molecule has 1 aliphatic heterocycles. The molecule has 0 aromatic carbocycles. The quantitative estimate of drug-likeness (QED) is 0.857. The van der Waals surface area contributed by atoms with Crippen LogP contribution >= 0.6 is 0 Å². The Hall–Kier alpha value is -1.13. The van der Waals surface area contributed by atoms with Crippen molar-refractivity contribution in [2.45, 2.75) is 52.3 Å². The van der Waals surface area contributed by atoms with Crippen LogP contribution < -0.4 is 10.1 Å². The summed E-state index contributed by atoms with van der Waals surface area (Å²) in [6, 6.07) is 4.66. The molecule has 0 atom stereocenters. The van der Waals surface area contributed by atoms with Gasteiger partial charge in [-0.1, -0.05) is 27.7 Å². The molecule has 0 radical (unpaired) electrons. The van der Waals surface area contributed by atoms with E-state index in [0.717, 1.165) is 18.1 Å². The normalized spacial score (nSPS) is 15.9. The van der Waals surface area contributed by atoms with Gasteiger partial charge >= 0.3 is 0 Å². The van der Waals surface area contributed by atoms with Gasteiger partial charge in [0.2, 0.25) is 5.88 Å². The smallest absolute Gasteiger partial charge is 0.214 e. The Balaban J connectivity index is 2.11. The van der Waals surface area contributed by atoms with Gasteiger partial charge in [0.1, 0.15) is 6.10 Å². The molecule has 1 aliphatic rings. The summed E-state index contributed by atoms with van der Waals surface area (Å²) in [4.78, 5) is 4.58. The maximum atomic E-state index is 5.82. The highest BCUT2D eigenvalue weighted by molar-refractivity contribution is 5.27. The van der Waals surface area contributed by atoms with Crippen molar-refractivity contribution in [2.24, 2.45) is 0 Å². The van der Waals surface area contributed by atoms with Crippen molar-refractivity contribution in [3.8, 4) is 5.88 Å². The van der Waals surface area contributed by atoms with Gasteiger partial charge in [0, 0.05) is 24.3 Å². The molecule has 0 aliphatic carbocycles. The molecule has 0 amide bonds. The first-order valence-electron chi connectivity index (χ1n) is 7.03. The van der Waals surface area contributed by atoms with Gasteiger partial charge in [-0.25, -0.2) is 4.98 Å². The predicted molar refractivity (Wildman–Crippen MR) is 75.5 cm³/mol. The fourth-order valence-electron chi connectivity index (χ4n) is 1.82. The van der Waals surface area contributed by atoms with E-state index in [1.54, 1.807) is 0 Å². The van der Waals surface area contributed by atoms with Gasteiger partial charge in [-0.3, -0.25) is 0 Å². The second-order valence-electron chi connectivity index (χ2n) is 5.71. The van der Waals surface area contributed by atoms with E-state index in [4.69, 9.17) is 9.47 Å². The van der Waals surface area contributed by atoms with E-state index in [0.29, 0.717) is 25.2 Å². The molecule has 1 saturated heterocycles. The highest BCUT2D eigenvalue weighted by Crippen LogP contribution is 2.21. The third-order valence-electron chi connectivity index (χ3n) is 3.08. The first-order valence-corrected chi connectivity index (χ1v) is 7.03. The zero-order chi connectivity index (χ0) is 13.8. The molecule has 1 aromatic rings. The Morgan fingerprint density at radius 2 is 2.05 bits per heavy atom. The standard InChI is InChI=1S/C15H24N2O2/c1-10(2)14-5-12(7-16-11(3)4)6-15(17-14)19-13-8-18-9-13/h5-6,10-11,13,16H,7-9H2,1-4H3. The van der Waals surface area contributed by atoms with Crippen LogP contribution in [-0.4, -0.2) is 30.3 Å². The number of rotatable bonds is 6. The molecule has 0 unspecified atom stereocenters. The summed E-state index contributed by atoms with van der Waals surface area (Å²) in [6.45, 7) is 10.8. The first kappa shape index (κ1) is 14.3. The van der Waals surface area contributed by atoms with Crippen LogP contribution in [0.3, 0.4) is 0 Å². The lowest BCUT2D eigenvalue weighted by atomic mass is 10.1. The molecule has 1 N–H and O–H groups in total. The molecule has 4 heteroatoms. The first-order chi connectivity index (χ1) is 9.04.